The quantitative estimate of drug-likeness (QED) is 0.372. The summed E-state index contributed by atoms with van der Waals surface area (Å²) < 4.78 is 5.20. The molecule has 2 aromatic rings. The van der Waals surface area contributed by atoms with E-state index in [1.807, 2.05) is 0 Å². The molecule has 0 radical (unpaired) electrons. The maximum atomic E-state index is 12.7. The molecule has 1 aliphatic rings. The van der Waals surface area contributed by atoms with Crippen LogP contribution in [0.3, 0.4) is 0 Å². The SMILES string of the molecule is O=C(O)CNC(=O)c1ccc(NC(=O)c2cc([N+](=O)[O-])c(N3CCOCC3)c([N+](=O)[O-])c2)cc1. The fraction of sp³-hybridized carbons (Fsp3) is 0.250. The van der Waals surface area contributed by atoms with Gasteiger partial charge in [-0.15, -0.1) is 0 Å². The van der Waals surface area contributed by atoms with Crippen LogP contribution in [0.4, 0.5) is 22.7 Å². The second-order valence-corrected chi connectivity index (χ2v) is 7.08. The predicted molar refractivity (Wildman–Crippen MR) is 117 cm³/mol. The lowest BCUT2D eigenvalue weighted by molar-refractivity contribution is -0.392. The van der Waals surface area contributed by atoms with Gasteiger partial charge >= 0.3 is 5.97 Å². The van der Waals surface area contributed by atoms with Crippen LogP contribution in [0.2, 0.25) is 0 Å². The Hall–Kier alpha value is -4.59. The molecule has 0 spiro atoms. The second kappa shape index (κ2) is 10.4. The molecule has 3 N–H and O–H groups in total. The van der Waals surface area contributed by atoms with Gasteiger partial charge in [-0.05, 0) is 24.3 Å². The van der Waals surface area contributed by atoms with Crippen LogP contribution >= 0.6 is 0 Å². The number of rotatable bonds is 8. The lowest BCUT2D eigenvalue weighted by Gasteiger charge is -2.28. The molecule has 0 atom stereocenters. The molecule has 0 aromatic heterocycles. The summed E-state index contributed by atoms with van der Waals surface area (Å²) in [6.07, 6.45) is 0. The van der Waals surface area contributed by atoms with Crippen molar-refractivity contribution in [3.63, 3.8) is 0 Å². The molecule has 178 valence electrons. The number of hydrogen-bond acceptors (Lipinski definition) is 9. The van der Waals surface area contributed by atoms with Crippen molar-refractivity contribution in [3.8, 4) is 0 Å². The van der Waals surface area contributed by atoms with Crippen LogP contribution in [-0.2, 0) is 9.53 Å². The third-order valence-corrected chi connectivity index (χ3v) is 4.86. The predicted octanol–water partition coefficient (Wildman–Crippen LogP) is 1.41. The Morgan fingerprint density at radius 3 is 2.00 bits per heavy atom. The molecule has 0 aliphatic carbocycles. The van der Waals surface area contributed by atoms with E-state index in [0.29, 0.717) is 0 Å². The summed E-state index contributed by atoms with van der Waals surface area (Å²) in [7, 11) is 0. The molecule has 2 amide bonds. The molecule has 0 unspecified atom stereocenters. The molecule has 1 fully saturated rings. The minimum Gasteiger partial charge on any atom is -0.480 e. The number of carboxylic acid groups (broad SMARTS) is 1. The number of carbonyl (C=O) groups excluding carboxylic acids is 2. The van der Waals surface area contributed by atoms with E-state index in [1.165, 1.54) is 29.2 Å². The highest BCUT2D eigenvalue weighted by atomic mass is 16.6. The first-order valence-corrected chi connectivity index (χ1v) is 9.88. The molecular formula is C20H19N5O9. The van der Waals surface area contributed by atoms with Crippen LogP contribution in [0, 0.1) is 20.2 Å². The largest absolute Gasteiger partial charge is 0.480 e. The first-order valence-electron chi connectivity index (χ1n) is 9.88. The molecular weight excluding hydrogens is 454 g/mol. The van der Waals surface area contributed by atoms with Gasteiger partial charge in [0, 0.05) is 36.5 Å². The van der Waals surface area contributed by atoms with Gasteiger partial charge in [0.05, 0.1) is 28.6 Å². The molecule has 1 heterocycles. The molecule has 0 bridgehead atoms. The fourth-order valence-electron chi connectivity index (χ4n) is 3.29. The molecule has 1 saturated heterocycles. The number of nitrogens with one attached hydrogen (secondary N) is 2. The number of ether oxygens (including phenoxy) is 1. The number of nitro groups is 2. The molecule has 14 nitrogen and oxygen atoms in total. The number of anilines is 2. The van der Waals surface area contributed by atoms with E-state index in [2.05, 4.69) is 10.6 Å². The fourth-order valence-corrected chi connectivity index (χ4v) is 3.29. The Kier molecular flexibility index (Phi) is 7.33. The third-order valence-electron chi connectivity index (χ3n) is 4.86. The average molecular weight is 473 g/mol. The summed E-state index contributed by atoms with van der Waals surface area (Å²) >= 11 is 0. The second-order valence-electron chi connectivity index (χ2n) is 7.08. The molecule has 14 heteroatoms. The molecule has 34 heavy (non-hydrogen) atoms. The van der Waals surface area contributed by atoms with Crippen LogP contribution < -0.4 is 15.5 Å². The van der Waals surface area contributed by atoms with E-state index in [-0.39, 0.29) is 48.8 Å². The molecule has 3 rings (SSSR count). The van der Waals surface area contributed by atoms with Gasteiger partial charge in [0.15, 0.2) is 5.69 Å². The zero-order valence-electron chi connectivity index (χ0n) is 17.6. The highest BCUT2D eigenvalue weighted by Crippen LogP contribution is 2.39. The maximum Gasteiger partial charge on any atom is 0.322 e. The minimum atomic E-state index is -1.21. The zero-order valence-corrected chi connectivity index (χ0v) is 17.6. The summed E-state index contributed by atoms with van der Waals surface area (Å²) in [5, 5.41) is 36.6. The van der Waals surface area contributed by atoms with E-state index in [0.717, 1.165) is 12.1 Å². The van der Waals surface area contributed by atoms with Gasteiger partial charge in [0.2, 0.25) is 0 Å². The number of hydrogen-bond donors (Lipinski definition) is 3. The third kappa shape index (κ3) is 5.60. The van der Waals surface area contributed by atoms with Crippen molar-refractivity contribution >= 4 is 40.5 Å². The topological polar surface area (TPSA) is 194 Å². The van der Waals surface area contributed by atoms with E-state index in [1.54, 1.807) is 0 Å². The number of carbonyl (C=O) groups is 3. The number of aliphatic carboxylic acids is 1. The van der Waals surface area contributed by atoms with Crippen LogP contribution in [0.5, 0.6) is 0 Å². The summed E-state index contributed by atoms with van der Waals surface area (Å²) in [6, 6.07) is 7.33. The van der Waals surface area contributed by atoms with Gasteiger partial charge in [-0.2, -0.15) is 0 Å². The van der Waals surface area contributed by atoms with Crippen LogP contribution in [0.1, 0.15) is 20.7 Å². The number of morpholine rings is 1. The van der Waals surface area contributed by atoms with Crippen molar-refractivity contribution in [2.45, 2.75) is 0 Å². The summed E-state index contributed by atoms with van der Waals surface area (Å²) in [6.45, 7) is 0.385. The van der Waals surface area contributed by atoms with Gasteiger partial charge in [0.1, 0.15) is 6.54 Å². The number of carboxylic acids is 1. The summed E-state index contributed by atoms with van der Waals surface area (Å²) in [5.74, 6) is -2.67. The van der Waals surface area contributed by atoms with Crippen molar-refractivity contribution in [2.24, 2.45) is 0 Å². The van der Waals surface area contributed by atoms with E-state index >= 15 is 0 Å². The first-order chi connectivity index (χ1) is 16.2. The normalized spacial score (nSPS) is 13.1. The summed E-state index contributed by atoms with van der Waals surface area (Å²) in [5.41, 5.74) is -1.29. The van der Waals surface area contributed by atoms with Crippen molar-refractivity contribution in [2.75, 3.05) is 43.1 Å². The Balaban J connectivity index is 1.85. The molecule has 2 aromatic carbocycles. The van der Waals surface area contributed by atoms with E-state index < -0.39 is 45.5 Å². The van der Waals surface area contributed by atoms with E-state index in [9.17, 15) is 34.6 Å². The van der Waals surface area contributed by atoms with Crippen LogP contribution in [-0.4, -0.2) is 65.6 Å². The van der Waals surface area contributed by atoms with Gasteiger partial charge in [-0.3, -0.25) is 34.6 Å². The van der Waals surface area contributed by atoms with Gasteiger partial charge in [-0.1, -0.05) is 0 Å². The lowest BCUT2D eigenvalue weighted by atomic mass is 10.1. The first kappa shape index (κ1) is 24.1. The van der Waals surface area contributed by atoms with Crippen molar-refractivity contribution in [1.82, 2.24) is 5.32 Å². The number of benzene rings is 2. The van der Waals surface area contributed by atoms with Gasteiger partial charge in [0.25, 0.3) is 23.2 Å². The Labute approximate surface area is 191 Å². The van der Waals surface area contributed by atoms with Gasteiger partial charge in [-0.25, -0.2) is 0 Å². The van der Waals surface area contributed by atoms with Crippen molar-refractivity contribution in [1.29, 1.82) is 0 Å². The Morgan fingerprint density at radius 1 is 0.941 bits per heavy atom. The van der Waals surface area contributed by atoms with Crippen molar-refractivity contribution < 1.29 is 34.1 Å². The number of nitrogens with zero attached hydrogens (tertiary/aromatic N) is 3. The van der Waals surface area contributed by atoms with Crippen molar-refractivity contribution in [3.05, 3.63) is 67.8 Å². The lowest BCUT2D eigenvalue weighted by Crippen LogP contribution is -2.37. The zero-order chi connectivity index (χ0) is 24.8. The molecule has 1 aliphatic heterocycles. The Bertz CT molecular complexity index is 1110. The highest BCUT2D eigenvalue weighted by Gasteiger charge is 2.33. The highest BCUT2D eigenvalue weighted by molar-refractivity contribution is 6.06. The smallest absolute Gasteiger partial charge is 0.322 e. The number of nitro benzene ring substituents is 2. The minimum absolute atomic E-state index is 0.139. The standard InChI is InChI=1S/C20H19N5O9/c26-17(27)11-21-19(28)12-1-3-14(4-2-12)22-20(29)13-9-15(24(30)31)18(16(10-13)25(32)33)23-5-7-34-8-6-23/h1-4,9-10H,5-8,11H2,(H,21,28)(H,22,29)(H,26,27). The van der Waals surface area contributed by atoms with E-state index in [4.69, 9.17) is 9.84 Å². The summed E-state index contributed by atoms with van der Waals surface area (Å²) in [4.78, 5) is 58.4. The average Bonchev–Trinajstić information content (AvgIpc) is 2.82. The number of amides is 2. The van der Waals surface area contributed by atoms with Crippen LogP contribution in [0.25, 0.3) is 0 Å². The maximum absolute atomic E-state index is 12.7. The Morgan fingerprint density at radius 2 is 1.50 bits per heavy atom. The molecule has 0 saturated carbocycles. The van der Waals surface area contributed by atoms with Crippen LogP contribution in [0.15, 0.2) is 36.4 Å². The monoisotopic (exact) mass is 473 g/mol. The van der Waals surface area contributed by atoms with Gasteiger partial charge < -0.3 is 25.4 Å².